The van der Waals surface area contributed by atoms with Crippen molar-refractivity contribution in [1.82, 2.24) is 0 Å². The molecule has 1 heterocycles. The van der Waals surface area contributed by atoms with Crippen molar-refractivity contribution in [2.24, 2.45) is 4.99 Å². The van der Waals surface area contributed by atoms with Gasteiger partial charge in [0.25, 0.3) is 0 Å². The Morgan fingerprint density at radius 1 is 1.38 bits per heavy atom. The summed E-state index contributed by atoms with van der Waals surface area (Å²) in [5.74, 6) is 1.25. The summed E-state index contributed by atoms with van der Waals surface area (Å²) in [6, 6.07) is 2.18. The van der Waals surface area contributed by atoms with Crippen molar-refractivity contribution in [3.63, 3.8) is 0 Å². The Balaban J connectivity index is 2.60. The fourth-order valence-corrected chi connectivity index (χ4v) is 2.24. The van der Waals surface area contributed by atoms with E-state index in [9.17, 15) is 0 Å². The molecule has 1 aromatic carbocycles. The van der Waals surface area contributed by atoms with Crippen LogP contribution in [-0.2, 0) is 6.42 Å². The first-order valence-electron chi connectivity index (χ1n) is 5.14. The first-order chi connectivity index (χ1) is 7.67. The van der Waals surface area contributed by atoms with Gasteiger partial charge in [-0.3, -0.25) is 4.99 Å². The maximum Gasteiger partial charge on any atom is 0.179 e. The number of aliphatic imine (C=N–C) groups is 1. The summed E-state index contributed by atoms with van der Waals surface area (Å²) in [6.45, 7) is 2.06. The van der Waals surface area contributed by atoms with Gasteiger partial charge in [-0.25, -0.2) is 0 Å². The van der Waals surface area contributed by atoms with Gasteiger partial charge in [0.05, 0.1) is 25.3 Å². The van der Waals surface area contributed by atoms with Gasteiger partial charge in [-0.2, -0.15) is 0 Å². The largest absolute Gasteiger partial charge is 0.493 e. The van der Waals surface area contributed by atoms with Gasteiger partial charge in [0.2, 0.25) is 0 Å². The monoisotopic (exact) mass is 239 g/mol. The zero-order chi connectivity index (χ0) is 11.7. The van der Waals surface area contributed by atoms with E-state index in [1.165, 1.54) is 0 Å². The van der Waals surface area contributed by atoms with Crippen molar-refractivity contribution in [2.75, 3.05) is 14.2 Å². The van der Waals surface area contributed by atoms with E-state index in [0.717, 1.165) is 17.5 Å². The minimum atomic E-state index is 0.267. The van der Waals surface area contributed by atoms with Crippen LogP contribution in [-0.4, -0.2) is 26.5 Å². The number of fused-ring (bicyclic) bond motifs is 1. The Labute approximate surface area is 100 Å². The summed E-state index contributed by atoms with van der Waals surface area (Å²) in [5, 5.41) is 0.634. The van der Waals surface area contributed by atoms with Crippen LogP contribution in [0, 0.1) is 0 Å². The lowest BCUT2D eigenvalue weighted by Crippen LogP contribution is -2.13. The molecule has 2 rings (SSSR count). The molecule has 1 aliphatic rings. The number of rotatable bonds is 2. The van der Waals surface area contributed by atoms with Gasteiger partial charge in [0, 0.05) is 11.8 Å². The molecule has 0 unspecified atom stereocenters. The molecule has 0 bridgehead atoms. The average Bonchev–Trinajstić information content (AvgIpc) is 2.29. The summed E-state index contributed by atoms with van der Waals surface area (Å²) in [5.41, 5.74) is 2.10. The Kier molecular flexibility index (Phi) is 3.06. The summed E-state index contributed by atoms with van der Waals surface area (Å²) in [4.78, 5) is 4.36. The molecule has 0 radical (unpaired) electrons. The second-order valence-corrected chi connectivity index (χ2v) is 4.20. The quantitative estimate of drug-likeness (QED) is 0.795. The van der Waals surface area contributed by atoms with Crippen LogP contribution in [0.4, 0.5) is 0 Å². The Morgan fingerprint density at radius 2 is 2.12 bits per heavy atom. The van der Waals surface area contributed by atoms with Crippen LogP contribution in [0.1, 0.15) is 18.1 Å². The molecule has 86 valence electrons. The summed E-state index contributed by atoms with van der Waals surface area (Å²) >= 11 is 6.31. The molecule has 0 saturated heterocycles. The second kappa shape index (κ2) is 4.34. The van der Waals surface area contributed by atoms with Gasteiger partial charge in [-0.05, 0) is 25.0 Å². The molecule has 0 aliphatic carbocycles. The molecular formula is C12H14ClNO2. The van der Waals surface area contributed by atoms with Crippen LogP contribution in [0.15, 0.2) is 11.1 Å². The fourth-order valence-electron chi connectivity index (χ4n) is 1.89. The van der Waals surface area contributed by atoms with Crippen LogP contribution in [0.3, 0.4) is 0 Å². The number of halogens is 1. The predicted octanol–water partition coefficient (Wildman–Crippen LogP) is 2.72. The number of benzene rings is 1. The third kappa shape index (κ3) is 1.76. The van der Waals surface area contributed by atoms with E-state index >= 15 is 0 Å². The molecule has 3 nitrogen and oxygen atoms in total. The Bertz CT molecular complexity index is 443. The summed E-state index contributed by atoms with van der Waals surface area (Å²) in [7, 11) is 3.19. The molecule has 0 aromatic heterocycles. The molecule has 1 atom stereocenters. The zero-order valence-electron chi connectivity index (χ0n) is 9.58. The van der Waals surface area contributed by atoms with Crippen LogP contribution in [0.25, 0.3) is 0 Å². The van der Waals surface area contributed by atoms with Gasteiger partial charge in [0.15, 0.2) is 11.5 Å². The number of hydrogen-bond acceptors (Lipinski definition) is 3. The first kappa shape index (κ1) is 11.3. The third-order valence-electron chi connectivity index (χ3n) is 2.71. The predicted molar refractivity (Wildman–Crippen MR) is 65.3 cm³/mol. The smallest absolute Gasteiger partial charge is 0.179 e. The maximum atomic E-state index is 6.31. The SMILES string of the molecule is COc1cc2c(c(Cl)c1OC)C[C@H](C)N=C2. The van der Waals surface area contributed by atoms with E-state index in [0.29, 0.717) is 16.5 Å². The molecule has 1 aliphatic heterocycles. The van der Waals surface area contributed by atoms with E-state index in [4.69, 9.17) is 21.1 Å². The highest BCUT2D eigenvalue weighted by Gasteiger charge is 2.21. The highest BCUT2D eigenvalue weighted by Crippen LogP contribution is 2.40. The number of nitrogens with zero attached hydrogens (tertiary/aromatic N) is 1. The van der Waals surface area contributed by atoms with Crippen molar-refractivity contribution >= 4 is 17.8 Å². The second-order valence-electron chi connectivity index (χ2n) is 3.83. The molecule has 16 heavy (non-hydrogen) atoms. The molecule has 0 spiro atoms. The lowest BCUT2D eigenvalue weighted by Gasteiger charge is -2.20. The average molecular weight is 240 g/mol. The highest BCUT2D eigenvalue weighted by molar-refractivity contribution is 6.33. The molecule has 0 saturated carbocycles. The van der Waals surface area contributed by atoms with E-state index in [1.54, 1.807) is 14.2 Å². The van der Waals surface area contributed by atoms with Gasteiger partial charge >= 0.3 is 0 Å². The van der Waals surface area contributed by atoms with Crippen LogP contribution in [0.5, 0.6) is 11.5 Å². The van der Waals surface area contributed by atoms with Crippen molar-refractivity contribution in [2.45, 2.75) is 19.4 Å². The lowest BCUT2D eigenvalue weighted by molar-refractivity contribution is 0.354. The molecule has 0 amide bonds. The zero-order valence-corrected chi connectivity index (χ0v) is 10.3. The van der Waals surface area contributed by atoms with E-state index in [1.807, 2.05) is 12.3 Å². The normalized spacial score (nSPS) is 18.1. The first-order valence-corrected chi connectivity index (χ1v) is 5.51. The van der Waals surface area contributed by atoms with Crippen molar-refractivity contribution < 1.29 is 9.47 Å². The molecular weight excluding hydrogens is 226 g/mol. The fraction of sp³-hybridized carbons (Fsp3) is 0.417. The van der Waals surface area contributed by atoms with Crippen molar-refractivity contribution in [3.8, 4) is 11.5 Å². The molecule has 1 aromatic rings. The highest BCUT2D eigenvalue weighted by atomic mass is 35.5. The van der Waals surface area contributed by atoms with Gasteiger partial charge < -0.3 is 9.47 Å². The van der Waals surface area contributed by atoms with Crippen molar-refractivity contribution in [3.05, 3.63) is 22.2 Å². The summed E-state index contributed by atoms with van der Waals surface area (Å²) < 4.78 is 10.5. The van der Waals surface area contributed by atoms with Crippen LogP contribution in [0.2, 0.25) is 5.02 Å². The van der Waals surface area contributed by atoms with Gasteiger partial charge in [-0.15, -0.1) is 0 Å². The maximum absolute atomic E-state index is 6.31. The number of methoxy groups -OCH3 is 2. The van der Waals surface area contributed by atoms with Crippen LogP contribution >= 0.6 is 11.6 Å². The topological polar surface area (TPSA) is 30.8 Å². The van der Waals surface area contributed by atoms with E-state index in [-0.39, 0.29) is 6.04 Å². The van der Waals surface area contributed by atoms with Crippen LogP contribution < -0.4 is 9.47 Å². The standard InChI is InChI=1S/C12H14ClNO2/c1-7-4-9-8(6-14-7)5-10(15-2)12(16-3)11(9)13/h5-7H,4H2,1-3H3/t7-/m0/s1. The third-order valence-corrected chi connectivity index (χ3v) is 3.11. The number of hydrogen-bond donors (Lipinski definition) is 0. The van der Waals surface area contributed by atoms with Crippen molar-refractivity contribution in [1.29, 1.82) is 0 Å². The van der Waals surface area contributed by atoms with Gasteiger partial charge in [-0.1, -0.05) is 11.6 Å². The molecule has 0 N–H and O–H groups in total. The van der Waals surface area contributed by atoms with E-state index in [2.05, 4.69) is 11.9 Å². The van der Waals surface area contributed by atoms with Gasteiger partial charge in [0.1, 0.15) is 0 Å². The molecule has 4 heteroatoms. The van der Waals surface area contributed by atoms with E-state index < -0.39 is 0 Å². The Morgan fingerprint density at radius 3 is 2.75 bits per heavy atom. The minimum Gasteiger partial charge on any atom is -0.493 e. The Hall–Kier alpha value is -1.22. The number of ether oxygens (including phenoxy) is 2. The summed E-state index contributed by atoms with van der Waals surface area (Å²) in [6.07, 6.45) is 2.68. The lowest BCUT2D eigenvalue weighted by atomic mass is 9.98. The molecule has 0 fully saturated rings. The minimum absolute atomic E-state index is 0.267.